The molecule has 1 aliphatic heterocycles. The van der Waals surface area contributed by atoms with Crippen LogP contribution < -0.4 is 4.74 Å². The molecule has 0 atom stereocenters. The minimum atomic E-state index is 0.142. The zero-order valence-electron chi connectivity index (χ0n) is 9.12. The number of ether oxygens (including phenoxy) is 1. The first-order chi connectivity index (χ1) is 7.20. The van der Waals surface area contributed by atoms with Crippen LogP contribution in [0.1, 0.15) is 18.1 Å². The molecule has 1 amide bonds. The molecule has 0 aromatic heterocycles. The van der Waals surface area contributed by atoms with Gasteiger partial charge in [-0.3, -0.25) is 4.79 Å². The fourth-order valence-electron chi connectivity index (χ4n) is 1.93. The van der Waals surface area contributed by atoms with Gasteiger partial charge in [-0.2, -0.15) is 0 Å². The minimum Gasteiger partial charge on any atom is -0.497 e. The van der Waals surface area contributed by atoms with E-state index in [4.69, 9.17) is 4.74 Å². The van der Waals surface area contributed by atoms with Gasteiger partial charge in [0.2, 0.25) is 5.91 Å². The third kappa shape index (κ3) is 1.96. The molecule has 1 aromatic rings. The van der Waals surface area contributed by atoms with E-state index in [1.807, 2.05) is 17.0 Å². The van der Waals surface area contributed by atoms with Crippen molar-refractivity contribution in [3.05, 3.63) is 29.3 Å². The lowest BCUT2D eigenvalue weighted by Crippen LogP contribution is -2.34. The Kier molecular flexibility index (Phi) is 2.62. The number of benzene rings is 1. The number of fused-ring (bicyclic) bond motifs is 1. The maximum Gasteiger partial charge on any atom is 0.219 e. The van der Waals surface area contributed by atoms with E-state index in [2.05, 4.69) is 6.07 Å². The Bertz CT molecular complexity index is 387. The highest BCUT2D eigenvalue weighted by molar-refractivity contribution is 5.73. The van der Waals surface area contributed by atoms with Crippen LogP contribution in [0.15, 0.2) is 18.2 Å². The van der Waals surface area contributed by atoms with Crippen molar-refractivity contribution in [3.63, 3.8) is 0 Å². The van der Waals surface area contributed by atoms with Crippen molar-refractivity contribution < 1.29 is 9.53 Å². The van der Waals surface area contributed by atoms with E-state index in [1.54, 1.807) is 14.0 Å². The number of hydrogen-bond acceptors (Lipinski definition) is 2. The van der Waals surface area contributed by atoms with E-state index >= 15 is 0 Å². The molecule has 1 aliphatic rings. The monoisotopic (exact) mass is 205 g/mol. The normalized spacial score (nSPS) is 14.7. The third-order valence-corrected chi connectivity index (χ3v) is 2.87. The highest BCUT2D eigenvalue weighted by Gasteiger charge is 2.18. The molecule has 80 valence electrons. The van der Waals surface area contributed by atoms with Crippen molar-refractivity contribution in [2.45, 2.75) is 19.9 Å². The number of carbonyl (C=O) groups excluding carboxylic acids is 1. The van der Waals surface area contributed by atoms with E-state index < -0.39 is 0 Å². The van der Waals surface area contributed by atoms with Crippen LogP contribution in [0, 0.1) is 0 Å². The van der Waals surface area contributed by atoms with E-state index in [0.29, 0.717) is 6.54 Å². The van der Waals surface area contributed by atoms with Crippen LogP contribution in [0.2, 0.25) is 0 Å². The molecule has 0 spiro atoms. The average molecular weight is 205 g/mol. The van der Waals surface area contributed by atoms with Crippen LogP contribution in [-0.2, 0) is 17.8 Å². The van der Waals surface area contributed by atoms with Crippen LogP contribution in [0.4, 0.5) is 0 Å². The predicted molar refractivity (Wildman–Crippen MR) is 57.8 cm³/mol. The maximum absolute atomic E-state index is 11.3. The maximum atomic E-state index is 11.3. The molecule has 3 nitrogen and oxygen atoms in total. The molecule has 0 saturated heterocycles. The Morgan fingerprint density at radius 3 is 2.87 bits per heavy atom. The summed E-state index contributed by atoms with van der Waals surface area (Å²) in [4.78, 5) is 13.1. The molecular weight excluding hydrogens is 190 g/mol. The van der Waals surface area contributed by atoms with Gasteiger partial charge in [0.05, 0.1) is 7.11 Å². The van der Waals surface area contributed by atoms with Crippen LogP contribution in [0.5, 0.6) is 5.75 Å². The molecule has 2 rings (SSSR count). The standard InChI is InChI=1S/C12H15NO2/c1-9(14)13-6-5-10-3-4-12(15-2)7-11(10)8-13/h3-4,7H,5-6,8H2,1-2H3. The summed E-state index contributed by atoms with van der Waals surface area (Å²) in [5.74, 6) is 1.00. The molecule has 3 heteroatoms. The SMILES string of the molecule is COc1ccc2c(c1)CN(C(C)=O)CC2. The van der Waals surface area contributed by atoms with Gasteiger partial charge in [0.1, 0.15) is 5.75 Å². The second-order valence-electron chi connectivity index (χ2n) is 3.83. The predicted octanol–water partition coefficient (Wildman–Crippen LogP) is 1.60. The lowest BCUT2D eigenvalue weighted by Gasteiger charge is -2.28. The molecule has 0 fully saturated rings. The molecule has 1 heterocycles. The average Bonchev–Trinajstić information content (AvgIpc) is 2.27. The van der Waals surface area contributed by atoms with Crippen molar-refractivity contribution in [1.82, 2.24) is 4.90 Å². The molecule has 0 aliphatic carbocycles. The highest BCUT2D eigenvalue weighted by Crippen LogP contribution is 2.23. The quantitative estimate of drug-likeness (QED) is 0.697. The number of rotatable bonds is 1. The van der Waals surface area contributed by atoms with Gasteiger partial charge in [-0.1, -0.05) is 6.07 Å². The first kappa shape index (κ1) is 10.0. The number of hydrogen-bond donors (Lipinski definition) is 0. The van der Waals surface area contributed by atoms with Gasteiger partial charge in [0.25, 0.3) is 0 Å². The molecule has 0 bridgehead atoms. The largest absolute Gasteiger partial charge is 0.497 e. The number of amides is 1. The molecule has 0 saturated carbocycles. The van der Waals surface area contributed by atoms with E-state index in [-0.39, 0.29) is 5.91 Å². The fourth-order valence-corrected chi connectivity index (χ4v) is 1.93. The van der Waals surface area contributed by atoms with Crippen LogP contribution >= 0.6 is 0 Å². The lowest BCUT2D eigenvalue weighted by molar-refractivity contribution is -0.129. The van der Waals surface area contributed by atoms with Crippen molar-refractivity contribution in [2.24, 2.45) is 0 Å². The second-order valence-corrected chi connectivity index (χ2v) is 3.83. The topological polar surface area (TPSA) is 29.5 Å². The van der Waals surface area contributed by atoms with E-state index in [0.717, 1.165) is 18.7 Å². The summed E-state index contributed by atoms with van der Waals surface area (Å²) in [7, 11) is 1.66. The first-order valence-corrected chi connectivity index (χ1v) is 5.12. The van der Waals surface area contributed by atoms with Crippen LogP contribution in [0.25, 0.3) is 0 Å². The van der Waals surface area contributed by atoms with Gasteiger partial charge >= 0.3 is 0 Å². The van der Waals surface area contributed by atoms with Crippen molar-refractivity contribution >= 4 is 5.91 Å². The highest BCUT2D eigenvalue weighted by atomic mass is 16.5. The van der Waals surface area contributed by atoms with Gasteiger partial charge < -0.3 is 9.64 Å². The molecule has 15 heavy (non-hydrogen) atoms. The Morgan fingerprint density at radius 1 is 1.40 bits per heavy atom. The Hall–Kier alpha value is -1.51. The first-order valence-electron chi connectivity index (χ1n) is 5.12. The van der Waals surface area contributed by atoms with Gasteiger partial charge in [0, 0.05) is 20.0 Å². The zero-order valence-corrected chi connectivity index (χ0v) is 9.12. The Morgan fingerprint density at radius 2 is 2.20 bits per heavy atom. The van der Waals surface area contributed by atoms with E-state index in [9.17, 15) is 4.79 Å². The summed E-state index contributed by atoms with van der Waals surface area (Å²) in [6, 6.07) is 6.08. The smallest absolute Gasteiger partial charge is 0.219 e. The number of nitrogens with zero attached hydrogens (tertiary/aromatic N) is 1. The third-order valence-electron chi connectivity index (χ3n) is 2.87. The second kappa shape index (κ2) is 3.93. The fraction of sp³-hybridized carbons (Fsp3) is 0.417. The molecule has 1 aromatic carbocycles. The van der Waals surface area contributed by atoms with Crippen LogP contribution in [-0.4, -0.2) is 24.5 Å². The summed E-state index contributed by atoms with van der Waals surface area (Å²) in [6.45, 7) is 3.15. The molecular formula is C12H15NO2. The Labute approximate surface area is 89.7 Å². The Balaban J connectivity index is 2.27. The molecule has 0 unspecified atom stereocenters. The van der Waals surface area contributed by atoms with Crippen molar-refractivity contribution in [2.75, 3.05) is 13.7 Å². The van der Waals surface area contributed by atoms with Gasteiger partial charge in [-0.15, -0.1) is 0 Å². The summed E-state index contributed by atoms with van der Waals surface area (Å²) in [5, 5.41) is 0. The summed E-state index contributed by atoms with van der Waals surface area (Å²) >= 11 is 0. The number of methoxy groups -OCH3 is 1. The van der Waals surface area contributed by atoms with Crippen molar-refractivity contribution in [3.8, 4) is 5.75 Å². The zero-order chi connectivity index (χ0) is 10.8. The summed E-state index contributed by atoms with van der Waals surface area (Å²) < 4.78 is 5.17. The minimum absolute atomic E-state index is 0.142. The van der Waals surface area contributed by atoms with Gasteiger partial charge in [0.15, 0.2) is 0 Å². The molecule has 0 N–H and O–H groups in total. The van der Waals surface area contributed by atoms with Crippen molar-refractivity contribution in [1.29, 1.82) is 0 Å². The van der Waals surface area contributed by atoms with Gasteiger partial charge in [-0.05, 0) is 29.7 Å². The van der Waals surface area contributed by atoms with E-state index in [1.165, 1.54) is 11.1 Å². The number of carbonyl (C=O) groups is 1. The lowest BCUT2D eigenvalue weighted by atomic mass is 9.99. The van der Waals surface area contributed by atoms with Gasteiger partial charge in [-0.25, -0.2) is 0 Å². The summed E-state index contributed by atoms with van der Waals surface area (Å²) in [5.41, 5.74) is 2.53. The summed E-state index contributed by atoms with van der Waals surface area (Å²) in [6.07, 6.45) is 0.943. The molecule has 0 radical (unpaired) electrons. The van der Waals surface area contributed by atoms with Crippen LogP contribution in [0.3, 0.4) is 0 Å².